The fourth-order valence-electron chi connectivity index (χ4n) is 3.63. The Balaban J connectivity index is 1.45. The van der Waals surface area contributed by atoms with Gasteiger partial charge in [-0.1, -0.05) is 50.3 Å². The summed E-state index contributed by atoms with van der Waals surface area (Å²) < 4.78 is 0. The number of hydrogen-bond acceptors (Lipinski definition) is 4. The van der Waals surface area contributed by atoms with Gasteiger partial charge in [0.05, 0.1) is 6.10 Å². The second-order valence-corrected chi connectivity index (χ2v) is 8.07. The van der Waals surface area contributed by atoms with Crippen molar-refractivity contribution in [3.05, 3.63) is 65.7 Å². The van der Waals surface area contributed by atoms with Gasteiger partial charge >= 0.3 is 6.03 Å². The Morgan fingerprint density at radius 2 is 1.70 bits per heavy atom. The summed E-state index contributed by atoms with van der Waals surface area (Å²) in [6, 6.07) is 15.6. The van der Waals surface area contributed by atoms with Crippen LogP contribution in [0.5, 0.6) is 0 Å². The monoisotopic (exact) mass is 408 g/mol. The normalized spacial score (nSPS) is 16.2. The van der Waals surface area contributed by atoms with Gasteiger partial charge in [0.25, 0.3) is 0 Å². The van der Waals surface area contributed by atoms with E-state index in [4.69, 9.17) is 5.73 Å². The predicted octanol–water partition coefficient (Wildman–Crippen LogP) is 3.50. The highest BCUT2D eigenvalue weighted by Gasteiger charge is 2.18. The molecule has 1 atom stereocenters. The number of aliphatic hydroxyl groups excluding tert-OH is 1. The van der Waals surface area contributed by atoms with Gasteiger partial charge in [0, 0.05) is 44.1 Å². The van der Waals surface area contributed by atoms with E-state index in [9.17, 15) is 9.90 Å². The number of amides is 2. The highest BCUT2D eigenvalue weighted by Crippen LogP contribution is 2.21. The molecule has 2 aromatic rings. The van der Waals surface area contributed by atoms with Crippen LogP contribution in [0.15, 0.2) is 54.6 Å². The maximum Gasteiger partial charge on any atom is 0.316 e. The molecule has 1 aliphatic rings. The van der Waals surface area contributed by atoms with E-state index in [1.807, 2.05) is 24.3 Å². The van der Waals surface area contributed by atoms with E-state index in [1.165, 1.54) is 11.3 Å². The highest BCUT2D eigenvalue weighted by molar-refractivity contribution is 5.87. The molecular weight excluding hydrogens is 376 g/mol. The molecule has 6 nitrogen and oxygen atoms in total. The van der Waals surface area contributed by atoms with Gasteiger partial charge in [0.15, 0.2) is 0 Å². The van der Waals surface area contributed by atoms with E-state index in [2.05, 4.69) is 53.2 Å². The topological polar surface area (TPSA) is 81.8 Å². The molecule has 0 spiro atoms. The second-order valence-electron chi connectivity index (χ2n) is 8.07. The van der Waals surface area contributed by atoms with Crippen molar-refractivity contribution in [2.75, 3.05) is 42.9 Å². The van der Waals surface area contributed by atoms with E-state index >= 15 is 0 Å². The molecule has 6 heteroatoms. The van der Waals surface area contributed by atoms with Gasteiger partial charge in [-0.3, -0.25) is 4.90 Å². The molecule has 1 aliphatic heterocycles. The summed E-state index contributed by atoms with van der Waals surface area (Å²) >= 11 is 0. The number of benzene rings is 2. The van der Waals surface area contributed by atoms with Crippen molar-refractivity contribution in [3.8, 4) is 0 Å². The molecule has 2 amide bonds. The van der Waals surface area contributed by atoms with Crippen molar-refractivity contribution in [2.24, 2.45) is 5.73 Å². The van der Waals surface area contributed by atoms with Crippen molar-refractivity contribution in [1.82, 2.24) is 4.90 Å². The fourth-order valence-corrected chi connectivity index (χ4v) is 3.63. The van der Waals surface area contributed by atoms with Crippen LogP contribution in [0.1, 0.15) is 30.9 Å². The number of urea groups is 1. The zero-order valence-corrected chi connectivity index (χ0v) is 17.8. The molecule has 160 valence electrons. The summed E-state index contributed by atoms with van der Waals surface area (Å²) in [6.45, 7) is 8.85. The largest absolute Gasteiger partial charge is 0.388 e. The molecule has 0 aliphatic carbocycles. The van der Waals surface area contributed by atoms with Crippen LogP contribution in [0.2, 0.25) is 0 Å². The molecule has 0 aromatic heterocycles. The first kappa shape index (κ1) is 21.9. The Bertz CT molecular complexity index is 839. The molecular formula is C24H32N4O2. The number of hydrogen-bond donors (Lipinski definition) is 3. The van der Waals surface area contributed by atoms with Crippen molar-refractivity contribution in [3.63, 3.8) is 0 Å². The second kappa shape index (κ2) is 10.3. The molecule has 30 heavy (non-hydrogen) atoms. The standard InChI is InChI=1S/C24H32N4O2/c1-18(2)20-6-10-22(11-7-20)28-15-13-27(14-16-28)17-23(29)12-5-19-3-8-21(9-4-19)26-24(25)30/h3-12,18,23,29H,13-17H2,1-2H3,(H3,25,26,30)/t23-/m0/s1. The molecule has 1 saturated heterocycles. The Kier molecular flexibility index (Phi) is 7.49. The maximum atomic E-state index is 10.9. The third-order valence-corrected chi connectivity index (χ3v) is 5.43. The summed E-state index contributed by atoms with van der Waals surface area (Å²) in [5.41, 5.74) is 9.35. The van der Waals surface area contributed by atoms with E-state index in [0.29, 0.717) is 18.2 Å². The van der Waals surface area contributed by atoms with Gasteiger partial charge in [-0.15, -0.1) is 0 Å². The zero-order chi connectivity index (χ0) is 21.5. The molecule has 0 bridgehead atoms. The first-order valence-corrected chi connectivity index (χ1v) is 10.5. The molecule has 3 rings (SSSR count). The van der Waals surface area contributed by atoms with Crippen molar-refractivity contribution < 1.29 is 9.90 Å². The van der Waals surface area contributed by atoms with Crippen LogP contribution >= 0.6 is 0 Å². The Hall–Kier alpha value is -2.83. The van der Waals surface area contributed by atoms with Gasteiger partial charge in [-0.25, -0.2) is 4.79 Å². The lowest BCUT2D eigenvalue weighted by Gasteiger charge is -2.36. The van der Waals surface area contributed by atoms with Crippen LogP contribution < -0.4 is 16.0 Å². The van der Waals surface area contributed by atoms with E-state index in [0.717, 1.165) is 31.7 Å². The highest BCUT2D eigenvalue weighted by atomic mass is 16.3. The summed E-state index contributed by atoms with van der Waals surface area (Å²) in [6.07, 6.45) is 3.18. The number of nitrogens with two attached hydrogens (primary N) is 1. The SMILES string of the molecule is CC(C)c1ccc(N2CCN(C[C@@H](O)C=Cc3ccc(NC(N)=O)cc3)CC2)cc1. The predicted molar refractivity (Wildman–Crippen MR) is 124 cm³/mol. The van der Waals surface area contributed by atoms with E-state index in [1.54, 1.807) is 12.1 Å². The number of anilines is 2. The molecule has 0 radical (unpaired) electrons. The van der Waals surface area contributed by atoms with Crippen LogP contribution in [0, 0.1) is 0 Å². The number of β-amino-alcohol motifs (C(OH)–C–C–N with tert-alkyl or cyclic N) is 1. The number of piperazine rings is 1. The Morgan fingerprint density at radius 1 is 1.07 bits per heavy atom. The van der Waals surface area contributed by atoms with E-state index < -0.39 is 12.1 Å². The summed E-state index contributed by atoms with van der Waals surface area (Å²) in [4.78, 5) is 15.6. The fraction of sp³-hybridized carbons (Fsp3) is 0.375. The Labute approximate surface area is 179 Å². The first-order valence-electron chi connectivity index (χ1n) is 10.5. The number of carbonyl (C=O) groups excluding carboxylic acids is 1. The summed E-state index contributed by atoms with van der Waals surface area (Å²) in [5, 5.41) is 12.9. The lowest BCUT2D eigenvalue weighted by Crippen LogP contribution is -2.48. The molecule has 1 fully saturated rings. The van der Waals surface area contributed by atoms with Crippen molar-refractivity contribution >= 4 is 23.5 Å². The van der Waals surface area contributed by atoms with Gasteiger partial charge in [-0.2, -0.15) is 0 Å². The van der Waals surface area contributed by atoms with Gasteiger partial charge in [0.1, 0.15) is 0 Å². The summed E-state index contributed by atoms with van der Waals surface area (Å²) in [7, 11) is 0. The summed E-state index contributed by atoms with van der Waals surface area (Å²) in [5.74, 6) is 0.551. The molecule has 1 heterocycles. The number of nitrogens with one attached hydrogen (secondary N) is 1. The molecule has 4 N–H and O–H groups in total. The number of nitrogens with zero attached hydrogens (tertiary/aromatic N) is 2. The third-order valence-electron chi connectivity index (χ3n) is 5.43. The van der Waals surface area contributed by atoms with Crippen LogP contribution in [-0.4, -0.2) is 54.9 Å². The smallest absolute Gasteiger partial charge is 0.316 e. The van der Waals surface area contributed by atoms with Crippen LogP contribution in [0.25, 0.3) is 6.08 Å². The van der Waals surface area contributed by atoms with Gasteiger partial charge in [-0.05, 0) is 41.3 Å². The van der Waals surface area contributed by atoms with Crippen molar-refractivity contribution in [2.45, 2.75) is 25.9 Å². The number of aliphatic hydroxyl groups is 1. The minimum absolute atomic E-state index is 0.523. The van der Waals surface area contributed by atoms with Crippen LogP contribution in [0.3, 0.4) is 0 Å². The Morgan fingerprint density at radius 3 is 2.27 bits per heavy atom. The van der Waals surface area contributed by atoms with Gasteiger partial charge in [0.2, 0.25) is 0 Å². The number of primary amides is 1. The lowest BCUT2D eigenvalue weighted by molar-refractivity contribution is 0.142. The first-order chi connectivity index (χ1) is 14.4. The molecule has 0 unspecified atom stereocenters. The minimum Gasteiger partial charge on any atom is -0.388 e. The van der Waals surface area contributed by atoms with Crippen LogP contribution in [0.4, 0.5) is 16.2 Å². The van der Waals surface area contributed by atoms with Crippen LogP contribution in [-0.2, 0) is 0 Å². The van der Waals surface area contributed by atoms with Crippen molar-refractivity contribution in [1.29, 1.82) is 0 Å². The average Bonchev–Trinajstić information content (AvgIpc) is 2.73. The number of carbonyl (C=O) groups is 1. The number of rotatable bonds is 7. The lowest BCUT2D eigenvalue weighted by atomic mass is 10.0. The zero-order valence-electron chi connectivity index (χ0n) is 17.8. The molecule has 0 saturated carbocycles. The van der Waals surface area contributed by atoms with E-state index in [-0.39, 0.29) is 0 Å². The maximum absolute atomic E-state index is 10.9. The third kappa shape index (κ3) is 6.34. The quantitative estimate of drug-likeness (QED) is 0.655. The molecule has 2 aromatic carbocycles. The average molecular weight is 409 g/mol. The van der Waals surface area contributed by atoms with Gasteiger partial charge < -0.3 is 21.1 Å². The minimum atomic E-state index is -0.582.